The van der Waals surface area contributed by atoms with E-state index in [1.165, 1.54) is 7.05 Å². The van der Waals surface area contributed by atoms with Gasteiger partial charge in [0.05, 0.1) is 26.9 Å². The van der Waals surface area contributed by atoms with Gasteiger partial charge in [-0.05, 0) is 48.5 Å². The first-order valence-electron chi connectivity index (χ1n) is 9.65. The van der Waals surface area contributed by atoms with Crippen molar-refractivity contribution < 1.29 is 46.1 Å². The van der Waals surface area contributed by atoms with Gasteiger partial charge in [-0.3, -0.25) is 4.55 Å². The molecule has 5 N–H and O–H groups in total. The Kier molecular flexibility index (Phi) is 7.57. The summed E-state index contributed by atoms with van der Waals surface area (Å²) in [5.74, 6) is 0. The van der Waals surface area contributed by atoms with Crippen molar-refractivity contribution in [2.75, 3.05) is 23.6 Å². The van der Waals surface area contributed by atoms with Gasteiger partial charge in [-0.1, -0.05) is 18.2 Å². The Morgan fingerprint density at radius 3 is 1.57 bits per heavy atom. The van der Waals surface area contributed by atoms with Crippen LogP contribution in [0.3, 0.4) is 0 Å². The second-order valence-corrected chi connectivity index (χ2v) is 13.4. The number of nitrogens with zero attached hydrogens (tertiary/aromatic N) is 1. The molecule has 0 aliphatic heterocycles. The third-order valence-electron chi connectivity index (χ3n) is 4.60. The van der Waals surface area contributed by atoms with Crippen molar-refractivity contribution in [3.63, 3.8) is 0 Å². The van der Waals surface area contributed by atoms with E-state index in [-0.39, 0.29) is 0 Å². The van der Waals surface area contributed by atoms with E-state index in [2.05, 4.69) is 3.63 Å². The average Bonchev–Trinajstić information content (AvgIpc) is 2.77. The summed E-state index contributed by atoms with van der Waals surface area (Å²) in [6.45, 7) is 0. The zero-order valence-electron chi connectivity index (χ0n) is 18.6. The summed E-state index contributed by atoms with van der Waals surface area (Å²) in [5.41, 5.74) is 10.3. The Morgan fingerprint density at radius 1 is 0.676 bits per heavy atom. The van der Waals surface area contributed by atoms with Gasteiger partial charge in [0.25, 0.3) is 10.1 Å². The predicted molar refractivity (Wildman–Crippen MR) is 130 cm³/mol. The minimum Gasteiger partial charge on any atom is -0.398 e. The number of hydrogen-bond donors (Lipinski definition) is 3. The van der Waals surface area contributed by atoms with Gasteiger partial charge in [-0.25, -0.2) is 5.06 Å². The SMILES string of the molecule is CN(OS(=O)(=O)c1ccc(S(=O)(=O)OS(=O)(=O)c2ccc(S(=O)(=O)O)c(N)c2)cc1N)c1ccccc1. The minimum absolute atomic E-state index is 0.382. The van der Waals surface area contributed by atoms with Gasteiger partial charge in [0.2, 0.25) is 0 Å². The van der Waals surface area contributed by atoms with Crippen LogP contribution in [0.15, 0.2) is 86.3 Å². The van der Waals surface area contributed by atoms with Gasteiger partial charge >= 0.3 is 30.4 Å². The number of para-hydroxylation sites is 1. The molecule has 0 aliphatic rings. The summed E-state index contributed by atoms with van der Waals surface area (Å²) in [5, 5.41) is 0.939. The monoisotopic (exact) mass is 593 g/mol. The van der Waals surface area contributed by atoms with Crippen LogP contribution in [-0.2, 0) is 48.4 Å². The maximum atomic E-state index is 12.6. The lowest BCUT2D eigenvalue weighted by atomic mass is 10.3. The standard InChI is InChI=1S/C19H19N3O11S4/c1-22(13-5-3-2-4-6-13)32-37(30,31)19-10-8-15(12-17(19)21)36(28,29)33-35(26,27)14-7-9-18(16(20)11-14)34(23,24)25/h2-12H,20-21H2,1H3,(H,23,24,25). The number of nitrogens with two attached hydrogens (primary N) is 2. The molecule has 3 aromatic rings. The second kappa shape index (κ2) is 9.89. The van der Waals surface area contributed by atoms with Crippen molar-refractivity contribution in [3.8, 4) is 0 Å². The summed E-state index contributed by atoms with van der Waals surface area (Å²) in [4.78, 5) is -3.07. The summed E-state index contributed by atoms with van der Waals surface area (Å²) in [7, 11) is -18.2. The zero-order valence-corrected chi connectivity index (χ0v) is 21.9. The first kappa shape index (κ1) is 28.3. The Morgan fingerprint density at radius 2 is 1.14 bits per heavy atom. The molecule has 0 bridgehead atoms. The van der Waals surface area contributed by atoms with E-state index in [0.29, 0.717) is 30.0 Å². The van der Waals surface area contributed by atoms with Crippen molar-refractivity contribution in [2.45, 2.75) is 19.6 Å². The third kappa shape index (κ3) is 6.36. The van der Waals surface area contributed by atoms with Crippen LogP contribution in [-0.4, -0.2) is 45.3 Å². The van der Waals surface area contributed by atoms with E-state index >= 15 is 0 Å². The number of benzene rings is 3. The topological polar surface area (TPSA) is 231 Å². The molecule has 3 aromatic carbocycles. The van der Waals surface area contributed by atoms with Crippen molar-refractivity contribution >= 4 is 57.5 Å². The fraction of sp³-hybridized carbons (Fsp3) is 0.0526. The molecular weight excluding hydrogens is 574 g/mol. The molecule has 0 fully saturated rings. The van der Waals surface area contributed by atoms with Crippen molar-refractivity contribution in [3.05, 3.63) is 66.7 Å². The molecule has 0 saturated heterocycles. The van der Waals surface area contributed by atoms with Crippen LogP contribution >= 0.6 is 0 Å². The van der Waals surface area contributed by atoms with E-state index in [0.717, 1.165) is 17.2 Å². The fourth-order valence-electron chi connectivity index (χ4n) is 2.89. The Bertz CT molecular complexity index is 1770. The molecule has 0 unspecified atom stereocenters. The van der Waals surface area contributed by atoms with Crippen molar-refractivity contribution in [2.24, 2.45) is 0 Å². The molecule has 3 rings (SSSR count). The van der Waals surface area contributed by atoms with Gasteiger partial charge in [0, 0.05) is 7.05 Å². The zero-order chi connectivity index (χ0) is 27.8. The highest BCUT2D eigenvalue weighted by Gasteiger charge is 2.30. The van der Waals surface area contributed by atoms with E-state index in [1.54, 1.807) is 30.3 Å². The van der Waals surface area contributed by atoms with Gasteiger partial charge in [-0.15, -0.1) is 7.91 Å². The lowest BCUT2D eigenvalue weighted by Crippen LogP contribution is -2.23. The van der Waals surface area contributed by atoms with Crippen molar-refractivity contribution in [1.29, 1.82) is 0 Å². The molecule has 0 radical (unpaired) electrons. The molecule has 200 valence electrons. The van der Waals surface area contributed by atoms with E-state index in [9.17, 15) is 33.7 Å². The molecule has 0 saturated carbocycles. The average molecular weight is 594 g/mol. The second-order valence-electron chi connectivity index (χ2n) is 7.21. The fourth-order valence-corrected chi connectivity index (χ4v) is 7.12. The lowest BCUT2D eigenvalue weighted by Gasteiger charge is -2.18. The highest BCUT2D eigenvalue weighted by Crippen LogP contribution is 2.29. The van der Waals surface area contributed by atoms with Crippen LogP contribution < -0.4 is 16.5 Å². The quantitative estimate of drug-likeness (QED) is 0.178. The van der Waals surface area contributed by atoms with Crippen LogP contribution in [0.5, 0.6) is 0 Å². The Balaban J connectivity index is 1.88. The number of rotatable bonds is 9. The van der Waals surface area contributed by atoms with Gasteiger partial charge in [0.1, 0.15) is 9.79 Å². The molecule has 18 heteroatoms. The van der Waals surface area contributed by atoms with Crippen LogP contribution in [0.1, 0.15) is 0 Å². The highest BCUT2D eigenvalue weighted by molar-refractivity contribution is 8.00. The maximum Gasteiger partial charge on any atom is 0.319 e. The summed E-state index contributed by atoms with van der Waals surface area (Å²) in [6, 6.07) is 12.1. The first-order chi connectivity index (χ1) is 16.9. The Hall–Kier alpha value is -3.26. The van der Waals surface area contributed by atoms with E-state index < -0.39 is 71.4 Å². The lowest BCUT2D eigenvalue weighted by molar-refractivity contribution is 0.305. The highest BCUT2D eigenvalue weighted by atomic mass is 32.3. The molecule has 0 aromatic heterocycles. The summed E-state index contributed by atoms with van der Waals surface area (Å²) < 4.78 is 116. The smallest absolute Gasteiger partial charge is 0.319 e. The molecule has 0 heterocycles. The van der Waals surface area contributed by atoms with Crippen molar-refractivity contribution in [1.82, 2.24) is 0 Å². The molecule has 0 amide bonds. The summed E-state index contributed by atoms with van der Waals surface area (Å²) in [6.07, 6.45) is 0. The molecule has 37 heavy (non-hydrogen) atoms. The van der Waals surface area contributed by atoms with E-state index in [4.69, 9.17) is 20.3 Å². The van der Waals surface area contributed by atoms with Gasteiger partial charge in [0.15, 0.2) is 0 Å². The molecule has 0 spiro atoms. The largest absolute Gasteiger partial charge is 0.398 e. The number of hydrogen-bond acceptors (Lipinski definition) is 13. The number of nitrogen functional groups attached to an aromatic ring is 2. The number of hydroxylamine groups is 1. The maximum absolute atomic E-state index is 12.6. The Labute approximate surface area is 213 Å². The van der Waals surface area contributed by atoms with E-state index in [1.807, 2.05) is 0 Å². The molecule has 0 atom stereocenters. The van der Waals surface area contributed by atoms with Crippen LogP contribution in [0.4, 0.5) is 17.1 Å². The molecule has 14 nitrogen and oxygen atoms in total. The van der Waals surface area contributed by atoms with Gasteiger partial charge in [-0.2, -0.15) is 33.7 Å². The van der Waals surface area contributed by atoms with Crippen LogP contribution in [0.2, 0.25) is 0 Å². The van der Waals surface area contributed by atoms with Crippen LogP contribution in [0, 0.1) is 0 Å². The normalized spacial score (nSPS) is 12.8. The first-order valence-corrected chi connectivity index (χ1v) is 15.3. The van der Waals surface area contributed by atoms with Gasteiger partial charge < -0.3 is 11.5 Å². The third-order valence-corrected chi connectivity index (χ3v) is 9.95. The summed E-state index contributed by atoms with van der Waals surface area (Å²) >= 11 is 0. The molecule has 0 aliphatic carbocycles. The van der Waals surface area contributed by atoms with Crippen LogP contribution in [0.25, 0.3) is 0 Å². The predicted octanol–water partition coefficient (Wildman–Crippen LogP) is 0.949. The minimum atomic E-state index is -5.09. The molecular formula is C19H19N3O11S4. The number of anilines is 3.